The molecule has 0 bridgehead atoms. The standard InChI is InChI=1S/C18H17BrFN/c19-12-4-3-5-14-13-21(16-10-8-15(20)9-11-16)18-7-2-1-6-17(14)18/h1-2,6-11,13H,3-5,12H2. The summed E-state index contributed by atoms with van der Waals surface area (Å²) in [6.45, 7) is 0. The van der Waals surface area contributed by atoms with Gasteiger partial charge in [-0.2, -0.15) is 0 Å². The zero-order valence-corrected chi connectivity index (χ0v) is 13.3. The van der Waals surface area contributed by atoms with Crippen molar-refractivity contribution < 1.29 is 4.39 Å². The van der Waals surface area contributed by atoms with E-state index in [1.54, 1.807) is 0 Å². The summed E-state index contributed by atoms with van der Waals surface area (Å²) >= 11 is 3.48. The van der Waals surface area contributed by atoms with Gasteiger partial charge in [-0.25, -0.2) is 4.39 Å². The zero-order chi connectivity index (χ0) is 14.7. The van der Waals surface area contributed by atoms with Crippen LogP contribution >= 0.6 is 15.9 Å². The second-order valence-electron chi connectivity index (χ2n) is 5.16. The van der Waals surface area contributed by atoms with E-state index in [4.69, 9.17) is 0 Å². The minimum atomic E-state index is -0.201. The quantitative estimate of drug-likeness (QED) is 0.425. The van der Waals surface area contributed by atoms with Gasteiger partial charge >= 0.3 is 0 Å². The number of alkyl halides is 1. The molecule has 3 rings (SSSR count). The van der Waals surface area contributed by atoms with Crippen LogP contribution in [-0.2, 0) is 6.42 Å². The average Bonchev–Trinajstić information content (AvgIpc) is 2.88. The maximum atomic E-state index is 13.1. The Labute approximate surface area is 132 Å². The topological polar surface area (TPSA) is 4.93 Å². The predicted molar refractivity (Wildman–Crippen MR) is 90.0 cm³/mol. The fraction of sp³-hybridized carbons (Fsp3) is 0.222. The molecule has 3 heteroatoms. The lowest BCUT2D eigenvalue weighted by Crippen LogP contribution is -1.91. The predicted octanol–water partition coefficient (Wildman–Crippen LogP) is 5.49. The third kappa shape index (κ3) is 3.03. The molecule has 0 aliphatic heterocycles. The maximum Gasteiger partial charge on any atom is 0.123 e. The van der Waals surface area contributed by atoms with Crippen LogP contribution in [0.1, 0.15) is 18.4 Å². The van der Waals surface area contributed by atoms with Gasteiger partial charge in [0, 0.05) is 22.6 Å². The van der Waals surface area contributed by atoms with Gasteiger partial charge in [-0.1, -0.05) is 34.1 Å². The molecule has 21 heavy (non-hydrogen) atoms. The van der Waals surface area contributed by atoms with Crippen LogP contribution in [0.2, 0.25) is 0 Å². The molecule has 0 saturated carbocycles. The number of hydrogen-bond acceptors (Lipinski definition) is 0. The summed E-state index contributed by atoms with van der Waals surface area (Å²) < 4.78 is 15.3. The van der Waals surface area contributed by atoms with Crippen molar-refractivity contribution in [1.82, 2.24) is 4.57 Å². The number of para-hydroxylation sites is 1. The van der Waals surface area contributed by atoms with Crippen LogP contribution in [0.25, 0.3) is 16.6 Å². The lowest BCUT2D eigenvalue weighted by molar-refractivity contribution is 0.627. The summed E-state index contributed by atoms with van der Waals surface area (Å²) in [5, 5.41) is 2.33. The molecular formula is C18H17BrFN. The van der Waals surface area contributed by atoms with Gasteiger partial charge in [-0.15, -0.1) is 0 Å². The maximum absolute atomic E-state index is 13.1. The van der Waals surface area contributed by atoms with Gasteiger partial charge < -0.3 is 4.57 Å². The van der Waals surface area contributed by atoms with E-state index in [0.717, 1.165) is 17.4 Å². The lowest BCUT2D eigenvalue weighted by Gasteiger charge is -2.04. The number of halogens is 2. The molecule has 1 heterocycles. The normalized spacial score (nSPS) is 11.1. The Bertz CT molecular complexity index is 731. The second-order valence-corrected chi connectivity index (χ2v) is 5.96. The molecule has 0 radical (unpaired) electrons. The van der Waals surface area contributed by atoms with Crippen molar-refractivity contribution in [2.75, 3.05) is 5.33 Å². The van der Waals surface area contributed by atoms with Crippen molar-refractivity contribution in [2.24, 2.45) is 0 Å². The Kier molecular flexibility index (Phi) is 4.39. The molecular weight excluding hydrogens is 329 g/mol. The third-order valence-corrected chi connectivity index (χ3v) is 4.29. The van der Waals surface area contributed by atoms with Crippen molar-refractivity contribution in [2.45, 2.75) is 19.3 Å². The summed E-state index contributed by atoms with van der Waals surface area (Å²) in [5.74, 6) is -0.201. The van der Waals surface area contributed by atoms with Crippen molar-refractivity contribution in [3.05, 3.63) is 66.1 Å². The molecule has 0 atom stereocenters. The molecule has 0 aliphatic rings. The van der Waals surface area contributed by atoms with Gasteiger partial charge in [-0.3, -0.25) is 0 Å². The highest BCUT2D eigenvalue weighted by Gasteiger charge is 2.09. The first-order valence-corrected chi connectivity index (χ1v) is 8.32. The van der Waals surface area contributed by atoms with Crippen LogP contribution in [0, 0.1) is 5.82 Å². The molecule has 2 aromatic carbocycles. The number of hydrogen-bond donors (Lipinski definition) is 0. The lowest BCUT2D eigenvalue weighted by atomic mass is 10.1. The van der Waals surface area contributed by atoms with E-state index in [1.165, 1.54) is 41.4 Å². The highest BCUT2D eigenvalue weighted by Crippen LogP contribution is 2.26. The number of benzene rings is 2. The number of aromatic nitrogens is 1. The molecule has 0 N–H and O–H groups in total. The molecule has 0 aliphatic carbocycles. The second kappa shape index (κ2) is 6.44. The number of unbranched alkanes of at least 4 members (excludes halogenated alkanes) is 1. The summed E-state index contributed by atoms with van der Waals surface area (Å²) in [4.78, 5) is 0. The minimum absolute atomic E-state index is 0.201. The van der Waals surface area contributed by atoms with Gasteiger partial charge in [0.1, 0.15) is 5.82 Å². The first-order chi connectivity index (χ1) is 10.3. The average molecular weight is 346 g/mol. The Morgan fingerprint density at radius 1 is 0.952 bits per heavy atom. The largest absolute Gasteiger partial charge is 0.316 e. The van der Waals surface area contributed by atoms with Gasteiger partial charge in [0.25, 0.3) is 0 Å². The van der Waals surface area contributed by atoms with E-state index >= 15 is 0 Å². The summed E-state index contributed by atoms with van der Waals surface area (Å²) in [6.07, 6.45) is 5.60. The Morgan fingerprint density at radius 2 is 1.71 bits per heavy atom. The minimum Gasteiger partial charge on any atom is -0.316 e. The monoisotopic (exact) mass is 345 g/mol. The van der Waals surface area contributed by atoms with Crippen LogP contribution in [-0.4, -0.2) is 9.90 Å². The molecule has 0 unspecified atom stereocenters. The Hall–Kier alpha value is -1.61. The van der Waals surface area contributed by atoms with Crippen molar-refractivity contribution in [1.29, 1.82) is 0 Å². The fourth-order valence-electron chi connectivity index (χ4n) is 2.67. The molecule has 0 fully saturated rings. The number of fused-ring (bicyclic) bond motifs is 1. The Morgan fingerprint density at radius 3 is 2.48 bits per heavy atom. The van der Waals surface area contributed by atoms with Crippen LogP contribution in [0.4, 0.5) is 4.39 Å². The van der Waals surface area contributed by atoms with E-state index in [0.29, 0.717) is 0 Å². The smallest absolute Gasteiger partial charge is 0.123 e. The third-order valence-electron chi connectivity index (χ3n) is 3.73. The van der Waals surface area contributed by atoms with E-state index in [-0.39, 0.29) is 5.82 Å². The van der Waals surface area contributed by atoms with Crippen LogP contribution in [0.5, 0.6) is 0 Å². The van der Waals surface area contributed by atoms with Crippen molar-refractivity contribution in [3.63, 3.8) is 0 Å². The van der Waals surface area contributed by atoms with Crippen LogP contribution in [0.3, 0.4) is 0 Å². The molecule has 0 saturated heterocycles. The van der Waals surface area contributed by atoms with Gasteiger partial charge in [-0.05, 0) is 55.2 Å². The van der Waals surface area contributed by atoms with Crippen LogP contribution in [0.15, 0.2) is 54.7 Å². The molecule has 0 spiro atoms. The fourth-order valence-corrected chi connectivity index (χ4v) is 3.07. The van der Waals surface area contributed by atoms with Gasteiger partial charge in [0.2, 0.25) is 0 Å². The zero-order valence-electron chi connectivity index (χ0n) is 11.7. The molecule has 108 valence electrons. The first-order valence-electron chi connectivity index (χ1n) is 7.20. The highest BCUT2D eigenvalue weighted by atomic mass is 79.9. The van der Waals surface area contributed by atoms with Crippen molar-refractivity contribution in [3.8, 4) is 5.69 Å². The van der Waals surface area contributed by atoms with Crippen LogP contribution < -0.4 is 0 Å². The summed E-state index contributed by atoms with van der Waals surface area (Å²) in [5.41, 5.74) is 3.54. The molecule has 1 nitrogen and oxygen atoms in total. The molecule has 3 aromatic rings. The SMILES string of the molecule is Fc1ccc(-n2cc(CCCCBr)c3ccccc32)cc1. The summed E-state index contributed by atoms with van der Waals surface area (Å²) in [7, 11) is 0. The number of nitrogens with zero attached hydrogens (tertiary/aromatic N) is 1. The van der Waals surface area contributed by atoms with E-state index in [1.807, 2.05) is 18.2 Å². The molecule has 0 amide bonds. The van der Waals surface area contributed by atoms with E-state index in [9.17, 15) is 4.39 Å². The number of rotatable bonds is 5. The molecule has 1 aromatic heterocycles. The Balaban J connectivity index is 2.04. The van der Waals surface area contributed by atoms with E-state index in [2.05, 4.69) is 44.9 Å². The summed E-state index contributed by atoms with van der Waals surface area (Å²) in [6, 6.07) is 15.1. The van der Waals surface area contributed by atoms with Gasteiger partial charge in [0.15, 0.2) is 0 Å². The highest BCUT2D eigenvalue weighted by molar-refractivity contribution is 9.09. The van der Waals surface area contributed by atoms with Crippen molar-refractivity contribution >= 4 is 26.8 Å². The van der Waals surface area contributed by atoms with E-state index < -0.39 is 0 Å². The number of aryl methyl sites for hydroxylation is 1. The first kappa shape index (κ1) is 14.3. The van der Waals surface area contributed by atoms with Gasteiger partial charge in [0.05, 0.1) is 5.52 Å².